The van der Waals surface area contributed by atoms with E-state index in [1.807, 2.05) is 16.1 Å². The van der Waals surface area contributed by atoms with Gasteiger partial charge in [-0.2, -0.15) is 5.10 Å². The van der Waals surface area contributed by atoms with Gasteiger partial charge in [0.05, 0.1) is 23.4 Å². The van der Waals surface area contributed by atoms with E-state index in [1.54, 1.807) is 17.8 Å². The number of nitrogens with zero attached hydrogens (tertiary/aromatic N) is 3. The van der Waals surface area contributed by atoms with E-state index in [9.17, 15) is 4.79 Å². The number of carbonyl (C=O) groups excluding carboxylic acids is 1. The number of hydrogen-bond donors (Lipinski definition) is 1. The van der Waals surface area contributed by atoms with Crippen molar-refractivity contribution in [2.75, 3.05) is 5.32 Å². The van der Waals surface area contributed by atoms with Gasteiger partial charge in [0.1, 0.15) is 5.82 Å². The molecule has 1 fully saturated rings. The van der Waals surface area contributed by atoms with Crippen LogP contribution in [0, 0.1) is 0 Å². The first-order chi connectivity index (χ1) is 10.3. The summed E-state index contributed by atoms with van der Waals surface area (Å²) in [6.07, 6.45) is 11.0. The Balaban J connectivity index is 1.65. The summed E-state index contributed by atoms with van der Waals surface area (Å²) in [5.74, 6) is 0.621. The van der Waals surface area contributed by atoms with Crippen LogP contribution in [-0.2, 0) is 4.79 Å². The summed E-state index contributed by atoms with van der Waals surface area (Å²) in [5.41, 5.74) is 2.55. The van der Waals surface area contributed by atoms with E-state index in [-0.39, 0.29) is 5.91 Å². The molecular weight excluding hydrogens is 284 g/mol. The minimum Gasteiger partial charge on any atom is -0.307 e. The van der Waals surface area contributed by atoms with Gasteiger partial charge >= 0.3 is 0 Å². The van der Waals surface area contributed by atoms with E-state index in [4.69, 9.17) is 0 Å². The lowest BCUT2D eigenvalue weighted by Gasteiger charge is -2.23. The normalized spacial score (nSPS) is 16.4. The predicted octanol–water partition coefficient (Wildman–Crippen LogP) is 3.50. The fourth-order valence-corrected chi connectivity index (χ4v) is 3.19. The molecule has 2 heterocycles. The Bertz CT molecular complexity index is 611. The maximum atomic E-state index is 12.0. The van der Waals surface area contributed by atoms with Crippen LogP contribution in [0.15, 0.2) is 29.2 Å². The summed E-state index contributed by atoms with van der Waals surface area (Å²) in [7, 11) is 0. The lowest BCUT2D eigenvalue weighted by Crippen LogP contribution is -2.19. The second kappa shape index (κ2) is 6.67. The van der Waals surface area contributed by atoms with Crippen LogP contribution in [0.1, 0.15) is 43.8 Å². The first-order valence-corrected chi connectivity index (χ1v) is 8.18. The zero-order valence-electron chi connectivity index (χ0n) is 11.7. The van der Waals surface area contributed by atoms with Gasteiger partial charge in [-0.25, -0.2) is 9.67 Å². The molecule has 0 unspecified atom stereocenters. The fourth-order valence-electron chi connectivity index (χ4n) is 2.66. The molecule has 2 aromatic heterocycles. The van der Waals surface area contributed by atoms with Crippen molar-refractivity contribution in [3.05, 3.63) is 34.9 Å². The minimum absolute atomic E-state index is 0.152. The number of nitrogens with one attached hydrogen (secondary N) is 1. The van der Waals surface area contributed by atoms with Gasteiger partial charge in [-0.15, -0.1) is 11.3 Å². The monoisotopic (exact) mass is 302 g/mol. The Hall–Kier alpha value is -1.95. The van der Waals surface area contributed by atoms with Crippen molar-refractivity contribution in [2.45, 2.75) is 38.1 Å². The van der Waals surface area contributed by atoms with Gasteiger partial charge in [0.25, 0.3) is 0 Å². The first-order valence-electron chi connectivity index (χ1n) is 7.24. The summed E-state index contributed by atoms with van der Waals surface area (Å²) < 4.78 is 1.95. The maximum Gasteiger partial charge on any atom is 0.249 e. The summed E-state index contributed by atoms with van der Waals surface area (Å²) in [4.78, 5) is 16.1. The fraction of sp³-hybridized carbons (Fsp3) is 0.400. The second-order valence-electron chi connectivity index (χ2n) is 5.19. The molecule has 1 amide bonds. The second-order valence-corrected chi connectivity index (χ2v) is 5.91. The van der Waals surface area contributed by atoms with Crippen molar-refractivity contribution in [1.29, 1.82) is 0 Å². The Morgan fingerprint density at radius 3 is 3.00 bits per heavy atom. The molecule has 1 N–H and O–H groups in total. The molecular formula is C15H18N4OS. The first kappa shape index (κ1) is 14.0. The van der Waals surface area contributed by atoms with Crippen LogP contribution < -0.4 is 5.32 Å². The number of anilines is 1. The van der Waals surface area contributed by atoms with Crippen molar-refractivity contribution in [3.8, 4) is 0 Å². The summed E-state index contributed by atoms with van der Waals surface area (Å²) in [5, 5.41) is 9.17. The van der Waals surface area contributed by atoms with Crippen molar-refractivity contribution < 1.29 is 4.79 Å². The van der Waals surface area contributed by atoms with Crippen molar-refractivity contribution >= 4 is 29.1 Å². The lowest BCUT2D eigenvalue weighted by atomic mass is 9.96. The highest BCUT2D eigenvalue weighted by Gasteiger charge is 2.18. The Morgan fingerprint density at radius 1 is 1.38 bits per heavy atom. The molecule has 21 heavy (non-hydrogen) atoms. The molecule has 0 aliphatic heterocycles. The van der Waals surface area contributed by atoms with E-state index in [1.165, 1.54) is 36.7 Å². The molecule has 3 rings (SSSR count). The van der Waals surface area contributed by atoms with Gasteiger partial charge in [-0.3, -0.25) is 4.79 Å². The van der Waals surface area contributed by atoms with Crippen LogP contribution in [-0.4, -0.2) is 20.7 Å². The molecule has 1 aliphatic rings. The maximum absolute atomic E-state index is 12.0. The average molecular weight is 302 g/mol. The van der Waals surface area contributed by atoms with Gasteiger partial charge in [0, 0.05) is 17.5 Å². The largest absolute Gasteiger partial charge is 0.307 e. The molecule has 6 heteroatoms. The van der Waals surface area contributed by atoms with Gasteiger partial charge in [0.2, 0.25) is 5.91 Å². The standard InChI is InChI=1S/C15H18N4OS/c20-15(7-6-12-10-21-11-16-12)18-14-8-9-17-19(14)13-4-2-1-3-5-13/h6-11,13H,1-5H2,(H,18,20)/b7-6-. The predicted molar refractivity (Wildman–Crippen MR) is 84.1 cm³/mol. The van der Waals surface area contributed by atoms with E-state index >= 15 is 0 Å². The third-order valence-corrected chi connectivity index (χ3v) is 4.30. The highest BCUT2D eigenvalue weighted by molar-refractivity contribution is 7.07. The van der Waals surface area contributed by atoms with Gasteiger partial charge < -0.3 is 5.32 Å². The van der Waals surface area contributed by atoms with Crippen LogP contribution in [0.4, 0.5) is 5.82 Å². The number of carbonyl (C=O) groups is 1. The molecule has 0 bridgehead atoms. The highest BCUT2D eigenvalue weighted by Crippen LogP contribution is 2.29. The SMILES string of the molecule is O=C(/C=C\c1cscn1)Nc1ccnn1C1CCCCC1. The summed E-state index contributed by atoms with van der Waals surface area (Å²) in [6, 6.07) is 2.26. The summed E-state index contributed by atoms with van der Waals surface area (Å²) in [6.45, 7) is 0. The molecule has 1 saturated carbocycles. The molecule has 0 atom stereocenters. The van der Waals surface area contributed by atoms with Crippen LogP contribution >= 0.6 is 11.3 Å². The Labute approximate surface area is 127 Å². The van der Waals surface area contributed by atoms with Crippen molar-refractivity contribution in [3.63, 3.8) is 0 Å². The van der Waals surface area contributed by atoms with Crippen molar-refractivity contribution in [2.24, 2.45) is 0 Å². The Kier molecular flexibility index (Phi) is 4.45. The molecule has 110 valence electrons. The Morgan fingerprint density at radius 2 is 2.24 bits per heavy atom. The minimum atomic E-state index is -0.152. The quantitative estimate of drug-likeness (QED) is 0.879. The number of thiazole rings is 1. The van der Waals surface area contributed by atoms with Crippen LogP contribution in [0.5, 0.6) is 0 Å². The van der Waals surface area contributed by atoms with Crippen LogP contribution in [0.3, 0.4) is 0 Å². The number of aromatic nitrogens is 3. The smallest absolute Gasteiger partial charge is 0.249 e. The lowest BCUT2D eigenvalue weighted by molar-refractivity contribution is -0.111. The molecule has 0 spiro atoms. The molecule has 0 saturated heterocycles. The zero-order valence-corrected chi connectivity index (χ0v) is 12.6. The zero-order chi connectivity index (χ0) is 14.5. The number of amides is 1. The van der Waals surface area contributed by atoms with Crippen LogP contribution in [0.25, 0.3) is 6.08 Å². The van der Waals surface area contributed by atoms with Crippen molar-refractivity contribution in [1.82, 2.24) is 14.8 Å². The van der Waals surface area contributed by atoms with E-state index in [0.717, 1.165) is 24.4 Å². The molecule has 5 nitrogen and oxygen atoms in total. The molecule has 1 aliphatic carbocycles. The number of hydrogen-bond acceptors (Lipinski definition) is 4. The highest BCUT2D eigenvalue weighted by atomic mass is 32.1. The average Bonchev–Trinajstić information content (AvgIpc) is 3.17. The third-order valence-electron chi connectivity index (χ3n) is 3.70. The molecule has 2 aromatic rings. The van der Waals surface area contributed by atoms with Crippen LogP contribution in [0.2, 0.25) is 0 Å². The third kappa shape index (κ3) is 3.58. The van der Waals surface area contributed by atoms with Gasteiger partial charge in [-0.1, -0.05) is 19.3 Å². The van der Waals surface area contributed by atoms with Gasteiger partial charge in [0.15, 0.2) is 0 Å². The van der Waals surface area contributed by atoms with E-state index in [0.29, 0.717) is 6.04 Å². The number of rotatable bonds is 4. The topological polar surface area (TPSA) is 59.8 Å². The molecule has 0 radical (unpaired) electrons. The van der Waals surface area contributed by atoms with Gasteiger partial charge in [-0.05, 0) is 18.9 Å². The molecule has 0 aromatic carbocycles. The van der Waals surface area contributed by atoms with E-state index in [2.05, 4.69) is 15.4 Å². The summed E-state index contributed by atoms with van der Waals surface area (Å²) >= 11 is 1.51. The van der Waals surface area contributed by atoms with E-state index < -0.39 is 0 Å².